The Kier molecular flexibility index (Phi) is 5.12. The molecule has 142 valence electrons. The van der Waals surface area contributed by atoms with Crippen LogP contribution in [0.3, 0.4) is 0 Å². The molecule has 28 heavy (non-hydrogen) atoms. The summed E-state index contributed by atoms with van der Waals surface area (Å²) in [6, 6.07) is 17.2. The molecule has 4 rings (SSSR count). The van der Waals surface area contributed by atoms with E-state index in [9.17, 15) is 9.59 Å². The van der Waals surface area contributed by atoms with Crippen molar-refractivity contribution in [1.29, 1.82) is 0 Å². The van der Waals surface area contributed by atoms with E-state index >= 15 is 0 Å². The van der Waals surface area contributed by atoms with Crippen LogP contribution in [0.2, 0.25) is 0 Å². The van der Waals surface area contributed by atoms with E-state index in [4.69, 9.17) is 4.74 Å². The van der Waals surface area contributed by atoms with E-state index in [0.29, 0.717) is 29.3 Å². The van der Waals surface area contributed by atoms with Crippen molar-refractivity contribution in [2.45, 2.75) is 12.8 Å². The lowest BCUT2D eigenvalue weighted by Crippen LogP contribution is -2.24. The second-order valence-corrected chi connectivity index (χ2v) is 7.44. The first kappa shape index (κ1) is 18.3. The van der Waals surface area contributed by atoms with Crippen LogP contribution in [-0.4, -0.2) is 25.5 Å². The molecule has 0 aliphatic carbocycles. The zero-order valence-electron chi connectivity index (χ0n) is 15.5. The van der Waals surface area contributed by atoms with Crippen molar-refractivity contribution in [3.8, 4) is 16.9 Å². The molecule has 2 aromatic carbocycles. The molecule has 1 fully saturated rings. The maximum atomic E-state index is 12.9. The van der Waals surface area contributed by atoms with Gasteiger partial charge in [0.2, 0.25) is 5.91 Å². The van der Waals surface area contributed by atoms with Gasteiger partial charge in [0, 0.05) is 30.3 Å². The molecule has 1 saturated heterocycles. The fourth-order valence-corrected chi connectivity index (χ4v) is 4.21. The van der Waals surface area contributed by atoms with Crippen molar-refractivity contribution in [3.05, 3.63) is 64.9 Å². The number of hydrogen-bond acceptors (Lipinski definition) is 4. The van der Waals surface area contributed by atoms with Gasteiger partial charge in [0.05, 0.1) is 17.7 Å². The predicted octanol–water partition coefficient (Wildman–Crippen LogP) is 4.80. The van der Waals surface area contributed by atoms with Gasteiger partial charge in [0.25, 0.3) is 5.91 Å². The van der Waals surface area contributed by atoms with Gasteiger partial charge in [-0.25, -0.2) is 0 Å². The van der Waals surface area contributed by atoms with Gasteiger partial charge in [-0.1, -0.05) is 30.3 Å². The molecular weight excluding hydrogens is 372 g/mol. The van der Waals surface area contributed by atoms with Crippen molar-refractivity contribution >= 4 is 34.5 Å². The van der Waals surface area contributed by atoms with Gasteiger partial charge in [-0.2, -0.15) is 0 Å². The van der Waals surface area contributed by atoms with Crippen molar-refractivity contribution in [2.24, 2.45) is 0 Å². The van der Waals surface area contributed by atoms with Crippen LogP contribution in [0.4, 0.5) is 11.4 Å². The molecule has 6 heteroatoms. The van der Waals surface area contributed by atoms with Crippen LogP contribution in [0.5, 0.6) is 5.75 Å². The summed E-state index contributed by atoms with van der Waals surface area (Å²) in [5, 5.41) is 4.86. The van der Waals surface area contributed by atoms with Crippen molar-refractivity contribution in [1.82, 2.24) is 0 Å². The Hall–Kier alpha value is -3.12. The lowest BCUT2D eigenvalue weighted by atomic mass is 10.1. The van der Waals surface area contributed by atoms with E-state index in [-0.39, 0.29) is 11.8 Å². The number of thiophene rings is 1. The highest BCUT2D eigenvalue weighted by atomic mass is 32.1. The third-order valence-electron chi connectivity index (χ3n) is 4.76. The van der Waals surface area contributed by atoms with Crippen molar-refractivity contribution in [3.63, 3.8) is 0 Å². The fourth-order valence-electron chi connectivity index (χ4n) is 3.40. The summed E-state index contributed by atoms with van der Waals surface area (Å²) in [6.45, 7) is 0.691. The molecule has 3 aromatic rings. The fraction of sp³-hybridized carbons (Fsp3) is 0.182. The number of carbonyl (C=O) groups excluding carboxylic acids is 2. The Balaban J connectivity index is 1.58. The Bertz CT molecular complexity index is 1010. The molecule has 0 atom stereocenters. The molecule has 1 aliphatic rings. The second kappa shape index (κ2) is 7.86. The van der Waals surface area contributed by atoms with Gasteiger partial charge in [-0.05, 0) is 35.6 Å². The summed E-state index contributed by atoms with van der Waals surface area (Å²) in [4.78, 5) is 27.3. The van der Waals surface area contributed by atoms with Crippen LogP contribution < -0.4 is 15.0 Å². The minimum Gasteiger partial charge on any atom is -0.494 e. The van der Waals surface area contributed by atoms with E-state index in [2.05, 4.69) is 5.32 Å². The monoisotopic (exact) mass is 392 g/mol. The summed E-state index contributed by atoms with van der Waals surface area (Å²) < 4.78 is 5.47. The lowest BCUT2D eigenvalue weighted by molar-refractivity contribution is -0.117. The molecule has 2 heterocycles. The average molecular weight is 392 g/mol. The third kappa shape index (κ3) is 3.51. The van der Waals surface area contributed by atoms with E-state index < -0.39 is 0 Å². The number of anilines is 2. The van der Waals surface area contributed by atoms with Crippen LogP contribution in [0.25, 0.3) is 11.1 Å². The summed E-state index contributed by atoms with van der Waals surface area (Å²) in [6.07, 6.45) is 1.41. The highest BCUT2D eigenvalue weighted by Gasteiger charge is 2.25. The van der Waals surface area contributed by atoms with Gasteiger partial charge < -0.3 is 15.0 Å². The van der Waals surface area contributed by atoms with E-state index in [1.807, 2.05) is 47.8 Å². The zero-order valence-corrected chi connectivity index (χ0v) is 16.3. The maximum absolute atomic E-state index is 12.9. The number of nitrogens with one attached hydrogen (secondary N) is 1. The molecule has 1 N–H and O–H groups in total. The highest BCUT2D eigenvalue weighted by Crippen LogP contribution is 2.34. The molecule has 0 saturated carbocycles. The number of nitrogens with zero attached hydrogens (tertiary/aromatic N) is 1. The second-order valence-electron chi connectivity index (χ2n) is 6.52. The molecule has 0 radical (unpaired) electrons. The Morgan fingerprint density at radius 1 is 1.14 bits per heavy atom. The highest BCUT2D eigenvalue weighted by molar-refractivity contribution is 7.12. The van der Waals surface area contributed by atoms with E-state index in [1.54, 1.807) is 24.1 Å². The van der Waals surface area contributed by atoms with Gasteiger partial charge >= 0.3 is 0 Å². The van der Waals surface area contributed by atoms with Crippen molar-refractivity contribution in [2.75, 3.05) is 23.9 Å². The normalized spacial score (nSPS) is 13.6. The lowest BCUT2D eigenvalue weighted by Gasteiger charge is -2.19. The first-order valence-corrected chi connectivity index (χ1v) is 9.98. The summed E-state index contributed by atoms with van der Waals surface area (Å²) in [5.41, 5.74) is 3.29. The van der Waals surface area contributed by atoms with Gasteiger partial charge in [0.1, 0.15) is 5.75 Å². The van der Waals surface area contributed by atoms with Gasteiger partial charge in [-0.3, -0.25) is 9.59 Å². The van der Waals surface area contributed by atoms with Crippen LogP contribution in [-0.2, 0) is 4.79 Å². The van der Waals surface area contributed by atoms with Crippen LogP contribution in [0, 0.1) is 0 Å². The molecule has 2 amide bonds. The number of hydrogen-bond donors (Lipinski definition) is 1. The molecular formula is C22H20N2O3S. The number of rotatable bonds is 5. The van der Waals surface area contributed by atoms with E-state index in [0.717, 1.165) is 23.2 Å². The Morgan fingerprint density at radius 3 is 2.68 bits per heavy atom. The topological polar surface area (TPSA) is 58.6 Å². The average Bonchev–Trinajstić information content (AvgIpc) is 3.38. The molecule has 0 spiro atoms. The summed E-state index contributed by atoms with van der Waals surface area (Å²) >= 11 is 1.41. The minimum atomic E-state index is -0.166. The Morgan fingerprint density at radius 2 is 1.96 bits per heavy atom. The number of carbonyl (C=O) groups is 2. The number of benzene rings is 2. The summed E-state index contributed by atoms with van der Waals surface area (Å²) in [5.74, 6) is 0.504. The van der Waals surface area contributed by atoms with Gasteiger partial charge in [0.15, 0.2) is 0 Å². The molecule has 0 bridgehead atoms. The Labute approximate surface area is 167 Å². The quantitative estimate of drug-likeness (QED) is 0.678. The first-order chi connectivity index (χ1) is 13.7. The zero-order chi connectivity index (χ0) is 19.5. The standard InChI is InChI=1S/C22H20N2O3S/c1-27-19-14-16(9-10-18(19)24-12-5-8-20(24)25)23-22(26)21-17(11-13-28-21)15-6-3-2-4-7-15/h2-4,6-7,9-11,13-14H,5,8,12H2,1H3,(H,23,26). The van der Waals surface area contributed by atoms with Crippen molar-refractivity contribution < 1.29 is 14.3 Å². The van der Waals surface area contributed by atoms with Gasteiger partial charge in [-0.15, -0.1) is 11.3 Å². The minimum absolute atomic E-state index is 0.0983. The predicted molar refractivity (Wildman–Crippen MR) is 112 cm³/mol. The molecule has 5 nitrogen and oxygen atoms in total. The molecule has 1 aromatic heterocycles. The maximum Gasteiger partial charge on any atom is 0.266 e. The number of methoxy groups -OCH3 is 1. The third-order valence-corrected chi connectivity index (χ3v) is 5.67. The largest absolute Gasteiger partial charge is 0.494 e. The van der Waals surface area contributed by atoms with Crippen LogP contribution >= 0.6 is 11.3 Å². The number of amides is 2. The first-order valence-electron chi connectivity index (χ1n) is 9.10. The van der Waals surface area contributed by atoms with Crippen LogP contribution in [0.1, 0.15) is 22.5 Å². The van der Waals surface area contributed by atoms with Crippen LogP contribution in [0.15, 0.2) is 60.0 Å². The molecule has 1 aliphatic heterocycles. The smallest absolute Gasteiger partial charge is 0.266 e. The SMILES string of the molecule is COc1cc(NC(=O)c2sccc2-c2ccccc2)ccc1N1CCCC1=O. The van der Waals surface area contributed by atoms with E-state index in [1.165, 1.54) is 11.3 Å². The summed E-state index contributed by atoms with van der Waals surface area (Å²) in [7, 11) is 1.57. The molecule has 0 unspecified atom stereocenters. The number of ether oxygens (including phenoxy) is 1.